The Hall–Kier alpha value is -4.73. The van der Waals surface area contributed by atoms with Crippen LogP contribution in [0.3, 0.4) is 0 Å². The monoisotopic (exact) mass is 812 g/mol. The summed E-state index contributed by atoms with van der Waals surface area (Å²) >= 11 is 0. The van der Waals surface area contributed by atoms with Crippen molar-refractivity contribution in [1.29, 1.82) is 0 Å². The van der Waals surface area contributed by atoms with Crippen molar-refractivity contribution in [1.82, 2.24) is 0 Å². The number of hydrogen-bond donors (Lipinski definition) is 0. The standard InChI is InChI=1S/C50H53O8P/c51-59(55-37-44-27-15-5-16-28-44,56-38-45-29-17-6-18-30-45)58-50-48(54-36-43-25-13-4-14-26-43)32-46(53-35-42-23-11-3-12-24-42)33-49(50)57-47(31-40-19-7-1-8-20-40)39-52-34-41-21-9-2-10-22-41/h1-30,46-50H,31-39H2/t46-,47+,48-,49-,50-/m1/s1. The van der Waals surface area contributed by atoms with Crippen LogP contribution in [0.2, 0.25) is 0 Å². The van der Waals surface area contributed by atoms with Crippen LogP contribution >= 0.6 is 7.82 Å². The maximum atomic E-state index is 15.1. The minimum absolute atomic E-state index is 0.0213. The van der Waals surface area contributed by atoms with E-state index in [2.05, 4.69) is 24.3 Å². The number of phosphoric ester groups is 1. The molecule has 8 nitrogen and oxygen atoms in total. The molecule has 0 aliphatic heterocycles. The molecule has 1 fully saturated rings. The zero-order valence-corrected chi connectivity index (χ0v) is 34.2. The summed E-state index contributed by atoms with van der Waals surface area (Å²) in [5.41, 5.74) is 5.90. The first-order chi connectivity index (χ1) is 29.1. The molecule has 0 amide bonds. The summed E-state index contributed by atoms with van der Waals surface area (Å²) in [6, 6.07) is 59.6. The second-order valence-electron chi connectivity index (χ2n) is 14.7. The van der Waals surface area contributed by atoms with Crippen LogP contribution in [-0.4, -0.2) is 37.1 Å². The Balaban J connectivity index is 1.20. The quantitative estimate of drug-likeness (QED) is 0.0627. The van der Waals surface area contributed by atoms with Gasteiger partial charge in [-0.05, 0) is 33.4 Å². The molecular formula is C50H53O8P. The smallest absolute Gasteiger partial charge is 0.374 e. The Morgan fingerprint density at radius 3 is 1.32 bits per heavy atom. The van der Waals surface area contributed by atoms with E-state index >= 15 is 4.57 Å². The third-order valence-corrected chi connectivity index (χ3v) is 11.6. The molecule has 1 aliphatic carbocycles. The lowest BCUT2D eigenvalue weighted by Crippen LogP contribution is -2.52. The minimum atomic E-state index is -4.28. The van der Waals surface area contributed by atoms with Gasteiger partial charge < -0.3 is 18.9 Å². The molecule has 0 bridgehead atoms. The number of benzene rings is 6. The van der Waals surface area contributed by atoms with Gasteiger partial charge in [-0.25, -0.2) is 4.57 Å². The summed E-state index contributed by atoms with van der Waals surface area (Å²) < 4.78 is 61.0. The molecule has 1 saturated carbocycles. The second kappa shape index (κ2) is 22.6. The Morgan fingerprint density at radius 2 is 0.847 bits per heavy atom. The number of hydrogen-bond acceptors (Lipinski definition) is 8. The molecular weight excluding hydrogens is 760 g/mol. The maximum absolute atomic E-state index is 15.1. The first-order valence-corrected chi connectivity index (χ1v) is 21.8. The summed E-state index contributed by atoms with van der Waals surface area (Å²) in [7, 11) is -4.28. The van der Waals surface area contributed by atoms with Crippen molar-refractivity contribution in [3.8, 4) is 0 Å². The number of rotatable bonds is 22. The Morgan fingerprint density at radius 1 is 0.458 bits per heavy atom. The SMILES string of the molecule is O=P(OCc1ccccc1)(OCc1ccccc1)O[C@@H]1[C@H](OCc2ccccc2)C[C@@H](OCc2ccccc2)C[C@H]1O[C@H](COCc1ccccc1)Cc1ccccc1. The van der Waals surface area contributed by atoms with E-state index in [1.165, 1.54) is 0 Å². The summed E-state index contributed by atoms with van der Waals surface area (Å²) in [6.07, 6.45) is -1.27. The first-order valence-electron chi connectivity index (χ1n) is 20.3. The summed E-state index contributed by atoms with van der Waals surface area (Å²) in [5.74, 6) is 0. The molecule has 6 aromatic carbocycles. The summed E-state index contributed by atoms with van der Waals surface area (Å²) in [5, 5.41) is 0. The molecule has 0 radical (unpaired) electrons. The second-order valence-corrected chi connectivity index (χ2v) is 16.4. The van der Waals surface area contributed by atoms with Gasteiger partial charge in [0.15, 0.2) is 0 Å². The predicted molar refractivity (Wildman–Crippen MR) is 229 cm³/mol. The third kappa shape index (κ3) is 13.9. The molecule has 6 aromatic rings. The lowest BCUT2D eigenvalue weighted by atomic mass is 9.89. The lowest BCUT2D eigenvalue weighted by molar-refractivity contribution is -0.188. The fourth-order valence-electron chi connectivity index (χ4n) is 7.11. The van der Waals surface area contributed by atoms with Gasteiger partial charge in [0.2, 0.25) is 0 Å². The molecule has 0 unspecified atom stereocenters. The molecule has 0 aromatic heterocycles. The molecule has 0 saturated heterocycles. The van der Waals surface area contributed by atoms with Gasteiger partial charge in [-0.15, -0.1) is 0 Å². The highest BCUT2D eigenvalue weighted by Gasteiger charge is 2.46. The van der Waals surface area contributed by atoms with Gasteiger partial charge in [-0.2, -0.15) is 0 Å². The van der Waals surface area contributed by atoms with Crippen LogP contribution in [0.4, 0.5) is 0 Å². The van der Waals surface area contributed by atoms with Crippen LogP contribution in [0, 0.1) is 0 Å². The van der Waals surface area contributed by atoms with Crippen LogP contribution in [-0.2, 0) is 76.5 Å². The van der Waals surface area contributed by atoms with E-state index in [4.69, 9.17) is 32.5 Å². The van der Waals surface area contributed by atoms with E-state index < -0.39 is 32.2 Å². The molecule has 1 aliphatic rings. The third-order valence-electron chi connectivity index (χ3n) is 10.2. The lowest BCUT2D eigenvalue weighted by Gasteiger charge is -2.42. The van der Waals surface area contributed by atoms with Crippen LogP contribution in [0.1, 0.15) is 46.2 Å². The molecule has 59 heavy (non-hydrogen) atoms. The van der Waals surface area contributed by atoms with Gasteiger partial charge >= 0.3 is 7.82 Å². The maximum Gasteiger partial charge on any atom is 0.475 e. The molecule has 5 atom stereocenters. The Labute approximate surface area is 348 Å². The largest absolute Gasteiger partial charge is 0.475 e. The van der Waals surface area contributed by atoms with Crippen molar-refractivity contribution in [2.24, 2.45) is 0 Å². The number of phosphoric acid groups is 1. The van der Waals surface area contributed by atoms with Crippen LogP contribution in [0.5, 0.6) is 0 Å². The van der Waals surface area contributed by atoms with E-state index in [0.717, 1.165) is 33.4 Å². The van der Waals surface area contributed by atoms with Crippen molar-refractivity contribution >= 4 is 7.82 Å². The molecule has 7 rings (SSSR count). The fraction of sp³-hybridized carbons (Fsp3) is 0.280. The van der Waals surface area contributed by atoms with Crippen LogP contribution < -0.4 is 0 Å². The fourth-order valence-corrected chi connectivity index (χ4v) is 8.49. The predicted octanol–water partition coefficient (Wildman–Crippen LogP) is 11.1. The van der Waals surface area contributed by atoms with Gasteiger partial charge in [0, 0.05) is 19.3 Å². The van der Waals surface area contributed by atoms with Crippen molar-refractivity contribution in [2.45, 2.75) is 82.8 Å². The summed E-state index contributed by atoms with van der Waals surface area (Å²) in [6.45, 7) is 1.51. The average molecular weight is 813 g/mol. The van der Waals surface area contributed by atoms with Gasteiger partial charge in [0.25, 0.3) is 0 Å². The van der Waals surface area contributed by atoms with Crippen molar-refractivity contribution in [3.05, 3.63) is 215 Å². The first kappa shape index (κ1) is 42.4. The van der Waals surface area contributed by atoms with Crippen molar-refractivity contribution < 1.29 is 37.1 Å². The Bertz CT molecular complexity index is 2050. The van der Waals surface area contributed by atoms with Gasteiger partial charge in [-0.3, -0.25) is 13.6 Å². The minimum Gasteiger partial charge on any atom is -0.374 e. The Kier molecular flexibility index (Phi) is 16.2. The van der Waals surface area contributed by atoms with E-state index in [1.807, 2.05) is 158 Å². The van der Waals surface area contributed by atoms with E-state index in [0.29, 0.717) is 45.7 Å². The van der Waals surface area contributed by atoms with Gasteiger partial charge in [0.05, 0.1) is 64.1 Å². The molecule has 0 N–H and O–H groups in total. The van der Waals surface area contributed by atoms with Gasteiger partial charge in [0.1, 0.15) is 6.10 Å². The normalized spacial score (nSPS) is 18.6. The highest BCUT2D eigenvalue weighted by atomic mass is 31.2. The highest BCUT2D eigenvalue weighted by Crippen LogP contribution is 2.54. The van der Waals surface area contributed by atoms with Gasteiger partial charge in [-0.1, -0.05) is 182 Å². The molecule has 0 heterocycles. The molecule has 306 valence electrons. The van der Waals surface area contributed by atoms with E-state index in [9.17, 15) is 0 Å². The average Bonchev–Trinajstić information content (AvgIpc) is 3.29. The van der Waals surface area contributed by atoms with Crippen molar-refractivity contribution in [2.75, 3.05) is 6.61 Å². The van der Waals surface area contributed by atoms with E-state index in [-0.39, 0.29) is 19.3 Å². The van der Waals surface area contributed by atoms with Crippen LogP contribution in [0.15, 0.2) is 182 Å². The number of ether oxygens (including phenoxy) is 4. The van der Waals surface area contributed by atoms with Crippen molar-refractivity contribution in [3.63, 3.8) is 0 Å². The molecule has 0 spiro atoms. The molecule has 9 heteroatoms. The highest BCUT2D eigenvalue weighted by molar-refractivity contribution is 7.48. The summed E-state index contributed by atoms with van der Waals surface area (Å²) in [4.78, 5) is 0. The zero-order valence-electron chi connectivity index (χ0n) is 33.3. The topological polar surface area (TPSA) is 81.7 Å². The van der Waals surface area contributed by atoms with Crippen LogP contribution in [0.25, 0.3) is 0 Å². The zero-order chi connectivity index (χ0) is 40.4. The van der Waals surface area contributed by atoms with E-state index in [1.54, 1.807) is 0 Å².